The van der Waals surface area contributed by atoms with Crippen molar-refractivity contribution in [3.63, 3.8) is 0 Å². The molecule has 0 bridgehead atoms. The van der Waals surface area contributed by atoms with Gasteiger partial charge in [0.25, 0.3) is 0 Å². The molecule has 3 heterocycles. The van der Waals surface area contributed by atoms with Gasteiger partial charge in [-0.05, 0) is 25.5 Å². The maximum atomic E-state index is 10.4. The second-order valence-electron chi connectivity index (χ2n) is 7.61. The van der Waals surface area contributed by atoms with Crippen LogP contribution in [-0.4, -0.2) is 67.3 Å². The number of aliphatic hydroxyl groups excluding tert-OH is 4. The molecule has 4 atom stereocenters. The molecule has 0 saturated heterocycles. The normalized spacial score (nSPS) is 23.5. The minimum atomic E-state index is -1.09. The van der Waals surface area contributed by atoms with Crippen molar-refractivity contribution in [2.45, 2.75) is 38.2 Å². The quantitative estimate of drug-likeness (QED) is 0.303. The van der Waals surface area contributed by atoms with E-state index in [2.05, 4.69) is 25.6 Å². The summed E-state index contributed by atoms with van der Waals surface area (Å²) in [5.74, 6) is 0.511. The molecule has 1 aliphatic carbocycles. The molecule has 31 heavy (non-hydrogen) atoms. The summed E-state index contributed by atoms with van der Waals surface area (Å²) < 4.78 is 6.01. The maximum Gasteiger partial charge on any atom is 0.225 e. The molecule has 0 unspecified atom stereocenters. The molecule has 0 amide bonds. The molecule has 1 aliphatic rings. The van der Waals surface area contributed by atoms with Crippen LogP contribution in [-0.2, 0) is 6.61 Å². The fourth-order valence-electron chi connectivity index (χ4n) is 3.97. The van der Waals surface area contributed by atoms with Gasteiger partial charge in [0.1, 0.15) is 22.8 Å². The van der Waals surface area contributed by atoms with E-state index in [9.17, 15) is 20.4 Å². The van der Waals surface area contributed by atoms with Crippen molar-refractivity contribution < 1.29 is 24.8 Å². The first kappa shape index (κ1) is 21.7. The van der Waals surface area contributed by atoms with Crippen molar-refractivity contribution in [2.24, 2.45) is 5.92 Å². The fraction of sp³-hybridized carbons (Fsp3) is 0.450. The second-order valence-corrected chi connectivity index (χ2v) is 7.97. The van der Waals surface area contributed by atoms with E-state index in [1.54, 1.807) is 26.1 Å². The lowest BCUT2D eigenvalue weighted by Crippen LogP contribution is -2.35. The van der Waals surface area contributed by atoms with Gasteiger partial charge in [0.2, 0.25) is 5.95 Å². The molecule has 3 aromatic rings. The third-order valence-electron chi connectivity index (χ3n) is 5.58. The van der Waals surface area contributed by atoms with Crippen LogP contribution < -0.4 is 10.6 Å². The van der Waals surface area contributed by atoms with Gasteiger partial charge in [-0.15, -0.1) is 0 Å². The first-order valence-electron chi connectivity index (χ1n) is 9.86. The summed E-state index contributed by atoms with van der Waals surface area (Å²) >= 11 is 6.48. The van der Waals surface area contributed by atoms with Crippen LogP contribution in [0.25, 0.3) is 22.3 Å². The fourth-order valence-corrected chi connectivity index (χ4v) is 4.23. The molecule has 1 saturated carbocycles. The Morgan fingerprint density at radius 2 is 1.94 bits per heavy atom. The predicted octanol–water partition coefficient (Wildman–Crippen LogP) is 1.30. The maximum absolute atomic E-state index is 10.4. The highest BCUT2D eigenvalue weighted by Crippen LogP contribution is 2.39. The smallest absolute Gasteiger partial charge is 0.225 e. The van der Waals surface area contributed by atoms with Crippen molar-refractivity contribution in [2.75, 3.05) is 24.3 Å². The predicted molar refractivity (Wildman–Crippen MR) is 115 cm³/mol. The van der Waals surface area contributed by atoms with Crippen molar-refractivity contribution >= 4 is 34.3 Å². The Balaban J connectivity index is 1.79. The Kier molecular flexibility index (Phi) is 6.00. The lowest BCUT2D eigenvalue weighted by Gasteiger charge is -2.20. The number of nitrogens with zero attached hydrogens (tertiary/aromatic N) is 3. The van der Waals surface area contributed by atoms with E-state index in [1.165, 1.54) is 0 Å². The number of aromatic nitrogens is 3. The zero-order chi connectivity index (χ0) is 22.3. The molecule has 0 aliphatic heterocycles. The molecule has 4 rings (SSSR count). The Hall–Kier alpha value is -2.50. The number of rotatable bonds is 6. The summed E-state index contributed by atoms with van der Waals surface area (Å²) in [6.45, 7) is 1.35. The second kappa shape index (κ2) is 8.56. The van der Waals surface area contributed by atoms with Crippen LogP contribution in [0.2, 0.25) is 5.15 Å². The summed E-state index contributed by atoms with van der Waals surface area (Å²) in [6.07, 6.45) is -1.80. The van der Waals surface area contributed by atoms with E-state index in [0.29, 0.717) is 40.5 Å². The summed E-state index contributed by atoms with van der Waals surface area (Å²) in [6, 6.07) is 2.92. The highest BCUT2D eigenvalue weighted by Gasteiger charge is 2.41. The molecular formula is C20H24ClN5O5. The third-order valence-corrected chi connectivity index (χ3v) is 5.85. The third kappa shape index (κ3) is 3.92. The van der Waals surface area contributed by atoms with Gasteiger partial charge >= 0.3 is 0 Å². The zero-order valence-corrected chi connectivity index (χ0v) is 17.8. The Bertz CT molecular complexity index is 1110. The highest BCUT2D eigenvalue weighted by molar-refractivity contribution is 6.32. The van der Waals surface area contributed by atoms with Crippen LogP contribution in [0.3, 0.4) is 0 Å². The van der Waals surface area contributed by atoms with E-state index >= 15 is 0 Å². The molecule has 0 spiro atoms. The lowest BCUT2D eigenvalue weighted by atomic mass is 10.1. The molecule has 3 aromatic heterocycles. The van der Waals surface area contributed by atoms with Gasteiger partial charge in [-0.25, -0.2) is 4.98 Å². The van der Waals surface area contributed by atoms with E-state index in [1.807, 2.05) is 0 Å². The molecule has 11 heteroatoms. The Morgan fingerprint density at radius 3 is 2.58 bits per heavy atom. The van der Waals surface area contributed by atoms with Crippen molar-refractivity contribution in [1.29, 1.82) is 0 Å². The average Bonchev–Trinajstić information content (AvgIpc) is 3.29. The molecule has 0 aromatic carbocycles. The molecule has 6 N–H and O–H groups in total. The Labute approximate surface area is 182 Å². The summed E-state index contributed by atoms with van der Waals surface area (Å²) in [4.78, 5) is 13.0. The zero-order valence-electron chi connectivity index (χ0n) is 17.0. The van der Waals surface area contributed by atoms with Gasteiger partial charge in [0, 0.05) is 25.0 Å². The van der Waals surface area contributed by atoms with E-state index in [4.69, 9.17) is 16.0 Å². The summed E-state index contributed by atoms with van der Waals surface area (Å²) in [7, 11) is 1.65. The number of aryl methyl sites for hydroxylation is 1. The number of hydrogen-bond donors (Lipinski definition) is 6. The molecule has 10 nitrogen and oxygen atoms in total. The van der Waals surface area contributed by atoms with E-state index in [-0.39, 0.29) is 24.3 Å². The van der Waals surface area contributed by atoms with Crippen molar-refractivity contribution in [3.8, 4) is 11.3 Å². The van der Waals surface area contributed by atoms with Gasteiger partial charge in [0.05, 0.1) is 35.7 Å². The van der Waals surface area contributed by atoms with Gasteiger partial charge in [0.15, 0.2) is 5.58 Å². The summed E-state index contributed by atoms with van der Waals surface area (Å²) in [5, 5.41) is 46.3. The minimum Gasteiger partial charge on any atom is -0.454 e. The standard InChI is InChI=1S/C20H24ClN5O5/c1-8-17-9(3-11(7-28)23-8)5-13(31-17)14-18(21)25-20(22-2)26-19(14)24-12-4-10(6-27)15(29)16(12)30/h3,5,10,12,15-16,27-30H,4,6-7H2,1-2H3,(H2,22,24,25,26)/t10-,12-,15-,16+/m1/s1. The lowest BCUT2D eigenvalue weighted by molar-refractivity contribution is 0.00446. The first-order valence-corrected chi connectivity index (χ1v) is 10.2. The van der Waals surface area contributed by atoms with Crippen LogP contribution >= 0.6 is 11.6 Å². The molecular weight excluding hydrogens is 426 g/mol. The SMILES string of the molecule is CNc1nc(Cl)c(-c2cc3cc(CO)nc(C)c3o2)c(N[C@@H]2C[C@H](CO)[C@@H](O)[C@H]2O)n1. The monoisotopic (exact) mass is 449 g/mol. The molecule has 1 fully saturated rings. The van der Waals surface area contributed by atoms with Crippen LogP contribution in [0.1, 0.15) is 17.8 Å². The number of hydrogen-bond acceptors (Lipinski definition) is 10. The van der Waals surface area contributed by atoms with E-state index in [0.717, 1.165) is 5.39 Å². The van der Waals surface area contributed by atoms with Gasteiger partial charge in [-0.2, -0.15) is 4.98 Å². The first-order chi connectivity index (χ1) is 14.9. The number of aliphatic hydroxyl groups is 4. The van der Waals surface area contributed by atoms with Gasteiger partial charge in [-0.1, -0.05) is 11.6 Å². The van der Waals surface area contributed by atoms with Crippen LogP contribution in [0, 0.1) is 12.8 Å². The van der Waals surface area contributed by atoms with Gasteiger partial charge < -0.3 is 35.5 Å². The number of furan rings is 1. The minimum absolute atomic E-state index is 0.126. The van der Waals surface area contributed by atoms with Crippen LogP contribution in [0.15, 0.2) is 16.5 Å². The van der Waals surface area contributed by atoms with Crippen LogP contribution in [0.5, 0.6) is 0 Å². The topological polar surface area (TPSA) is 157 Å². The van der Waals surface area contributed by atoms with E-state index < -0.39 is 24.2 Å². The Morgan fingerprint density at radius 1 is 1.16 bits per heavy atom. The van der Waals surface area contributed by atoms with Gasteiger partial charge in [-0.3, -0.25) is 4.98 Å². The van der Waals surface area contributed by atoms with Crippen molar-refractivity contribution in [3.05, 3.63) is 28.7 Å². The number of pyridine rings is 1. The van der Waals surface area contributed by atoms with Crippen molar-refractivity contribution in [1.82, 2.24) is 15.0 Å². The number of nitrogens with one attached hydrogen (secondary N) is 2. The largest absolute Gasteiger partial charge is 0.454 e. The number of halogens is 1. The highest BCUT2D eigenvalue weighted by atomic mass is 35.5. The summed E-state index contributed by atoms with van der Waals surface area (Å²) in [5.41, 5.74) is 2.06. The van der Waals surface area contributed by atoms with Crippen LogP contribution in [0.4, 0.5) is 11.8 Å². The number of anilines is 2. The average molecular weight is 450 g/mol. The molecule has 166 valence electrons. The number of fused-ring (bicyclic) bond motifs is 1. The molecule has 0 radical (unpaired) electrons.